The van der Waals surface area contributed by atoms with Crippen molar-refractivity contribution in [3.8, 4) is 0 Å². The third kappa shape index (κ3) is 342. The monoisotopic (exact) mass is 273 g/mol. The maximum Gasteiger partial charge on any atom is 2.00 e. The minimum atomic E-state index is 0. The summed E-state index contributed by atoms with van der Waals surface area (Å²) in [6.45, 7) is 0. The van der Waals surface area contributed by atoms with E-state index in [4.69, 9.17) is 0 Å². The van der Waals surface area contributed by atoms with E-state index in [1.807, 2.05) is 0 Å². The Morgan fingerprint density at radius 2 is 0.857 bits per heavy atom. The summed E-state index contributed by atoms with van der Waals surface area (Å²) < 4.78 is 0. The van der Waals surface area contributed by atoms with Crippen LogP contribution in [-0.4, -0.2) is 0 Å². The summed E-state index contributed by atoms with van der Waals surface area (Å²) in [6.07, 6.45) is 0. The number of nitrogens with one attached hydrogen (secondary N) is 1. The number of hydrogen-bond acceptors (Lipinski definition) is 0. The summed E-state index contributed by atoms with van der Waals surface area (Å²) in [5.41, 5.74) is 0. The van der Waals surface area contributed by atoms with Gasteiger partial charge < -0.3 is 4.90 Å². The molecule has 0 aromatic rings. The Balaban J connectivity index is -0.0000000150. The molecule has 1 N–H and O–H groups in total. The molecule has 0 aromatic carbocycles. The molecule has 0 aliphatic heterocycles. The van der Waals surface area contributed by atoms with Crippen LogP contribution in [0.4, 0.5) is 0 Å². The van der Waals surface area contributed by atoms with Gasteiger partial charge in [0.05, 0.1) is 0 Å². The van der Waals surface area contributed by atoms with E-state index >= 15 is 0 Å². The predicted molar refractivity (Wildman–Crippen MR) is 30.5 cm³/mol. The molecule has 2 heteroatoms. The van der Waals surface area contributed by atoms with Crippen LogP contribution in [0.15, 0.2) is 0 Å². The van der Waals surface area contributed by atoms with E-state index in [0.29, 0.717) is 4.90 Å². The maximum absolute atomic E-state index is 3.33. The molecule has 0 saturated heterocycles. The molecule has 1 nitrogen and oxygen atoms in total. The second-order valence-corrected chi connectivity index (χ2v) is 0.750. The fraction of sp³-hybridized carbons (Fsp3) is 0.400. The van der Waals surface area contributed by atoms with Gasteiger partial charge >= 0.3 is 21.1 Å². The van der Waals surface area contributed by atoms with E-state index in [2.05, 4.69) is 21.1 Å². The van der Waals surface area contributed by atoms with Crippen LogP contribution in [0, 0.1) is 21.1 Å². The van der Waals surface area contributed by atoms with Gasteiger partial charge in [0.25, 0.3) is 0 Å². The SMILES string of the molecule is C.C.[CH2-][NH+]([CH2-])[CH2-].[W+2]. The summed E-state index contributed by atoms with van der Waals surface area (Å²) in [5, 5.41) is 0. The van der Waals surface area contributed by atoms with Gasteiger partial charge in [-0.3, -0.25) is 0 Å². The zero-order valence-corrected chi connectivity index (χ0v) is 5.96. The molecule has 7 heavy (non-hydrogen) atoms. The molecule has 0 atom stereocenters. The largest absolute Gasteiger partial charge is 2.00 e. The van der Waals surface area contributed by atoms with Crippen molar-refractivity contribution in [2.45, 2.75) is 14.9 Å². The molecule has 0 saturated carbocycles. The Morgan fingerprint density at radius 3 is 0.857 bits per heavy atom. The molecule has 46 valence electrons. The molecule has 0 aliphatic carbocycles. The van der Waals surface area contributed by atoms with Gasteiger partial charge in [-0.25, -0.2) is 21.1 Å². The van der Waals surface area contributed by atoms with E-state index < -0.39 is 0 Å². The van der Waals surface area contributed by atoms with Crippen molar-refractivity contribution in [2.24, 2.45) is 0 Å². The molecule has 0 unspecified atom stereocenters. The normalized spacial score (nSPS) is 5.14. The van der Waals surface area contributed by atoms with Gasteiger partial charge in [-0.05, 0) is 0 Å². The molecule has 0 bridgehead atoms. The molecule has 0 aromatic heterocycles. The fourth-order valence-corrected chi connectivity index (χ4v) is 0. The van der Waals surface area contributed by atoms with Gasteiger partial charge in [0.1, 0.15) is 0 Å². The Morgan fingerprint density at radius 1 is 0.857 bits per heavy atom. The molecular formula is C5H15NW. The van der Waals surface area contributed by atoms with Crippen LogP contribution >= 0.6 is 0 Å². The first-order chi connectivity index (χ1) is 1.73. The summed E-state index contributed by atoms with van der Waals surface area (Å²) in [4.78, 5) is 0.667. The van der Waals surface area contributed by atoms with Crippen molar-refractivity contribution in [3.63, 3.8) is 0 Å². The van der Waals surface area contributed by atoms with E-state index in [0.717, 1.165) is 0 Å². The van der Waals surface area contributed by atoms with Gasteiger partial charge in [0.2, 0.25) is 0 Å². The Hall–Kier alpha value is 0.648. The van der Waals surface area contributed by atoms with Crippen molar-refractivity contribution in [2.75, 3.05) is 0 Å². The Bertz CT molecular complexity index is 12.8. The molecule has 0 fully saturated rings. The third-order valence-corrected chi connectivity index (χ3v) is 0. The summed E-state index contributed by atoms with van der Waals surface area (Å²) in [5.74, 6) is 0. The van der Waals surface area contributed by atoms with E-state index in [1.165, 1.54) is 0 Å². The van der Waals surface area contributed by atoms with Gasteiger partial charge in [-0.1, -0.05) is 14.9 Å². The van der Waals surface area contributed by atoms with Gasteiger partial charge in [0, 0.05) is 0 Å². The first-order valence-electron chi connectivity index (χ1n) is 1.06. The van der Waals surface area contributed by atoms with Crippen molar-refractivity contribution in [1.82, 2.24) is 0 Å². The number of hydrogen-bond donors (Lipinski definition) is 1. The molecule has 0 spiro atoms. The average molecular weight is 273 g/mol. The van der Waals surface area contributed by atoms with Crippen LogP contribution in [0.25, 0.3) is 0 Å². The zero-order valence-electron chi connectivity index (χ0n) is 3.03. The third-order valence-electron chi connectivity index (χ3n) is 0. The van der Waals surface area contributed by atoms with Crippen LogP contribution in [0.2, 0.25) is 0 Å². The summed E-state index contributed by atoms with van der Waals surface area (Å²) >= 11 is 0. The summed E-state index contributed by atoms with van der Waals surface area (Å²) in [6, 6.07) is 0. The average Bonchev–Trinajstić information content (AvgIpc) is 0.811. The second kappa shape index (κ2) is 15.9. The minimum absolute atomic E-state index is 0. The first kappa shape index (κ1) is 25.4. The van der Waals surface area contributed by atoms with Crippen LogP contribution in [-0.2, 0) is 21.1 Å². The predicted octanol–water partition coefficient (Wildman–Crippen LogP) is 0.516. The zero-order chi connectivity index (χ0) is 3.58. The van der Waals surface area contributed by atoms with Crippen LogP contribution in [0.1, 0.15) is 14.9 Å². The molecular weight excluding hydrogens is 258 g/mol. The quantitative estimate of drug-likeness (QED) is 0.614. The fourth-order valence-electron chi connectivity index (χ4n) is 0. The Labute approximate surface area is 62.4 Å². The van der Waals surface area contributed by atoms with Gasteiger partial charge in [-0.15, -0.1) is 0 Å². The smallest absolute Gasteiger partial charge is 0.748 e. The maximum atomic E-state index is 3.33. The standard InChI is InChI=1S/C3H7N.2CH4.W/c1-4(2)3;;;/h4H,1-3H2;2*1H4;/q-2;;;+2. The molecule has 0 amide bonds. The van der Waals surface area contributed by atoms with Crippen LogP contribution in [0.5, 0.6) is 0 Å². The number of quaternary nitrogens is 1. The van der Waals surface area contributed by atoms with Gasteiger partial charge in [-0.2, -0.15) is 0 Å². The van der Waals surface area contributed by atoms with Gasteiger partial charge in [0.15, 0.2) is 0 Å². The van der Waals surface area contributed by atoms with E-state index in [1.54, 1.807) is 0 Å². The van der Waals surface area contributed by atoms with E-state index in [-0.39, 0.29) is 35.9 Å². The first-order valence-corrected chi connectivity index (χ1v) is 1.06. The molecule has 0 heterocycles. The second-order valence-electron chi connectivity index (χ2n) is 0.750. The summed E-state index contributed by atoms with van der Waals surface area (Å²) in [7, 11) is 10.0. The topological polar surface area (TPSA) is 4.44 Å². The van der Waals surface area contributed by atoms with Crippen molar-refractivity contribution >= 4 is 0 Å². The Kier molecular flexibility index (Phi) is 57.8. The van der Waals surface area contributed by atoms with Crippen LogP contribution < -0.4 is 4.90 Å². The molecule has 0 radical (unpaired) electrons. The van der Waals surface area contributed by atoms with Crippen molar-refractivity contribution in [3.05, 3.63) is 21.1 Å². The molecule has 0 aliphatic rings. The van der Waals surface area contributed by atoms with Crippen molar-refractivity contribution in [1.29, 1.82) is 0 Å². The number of rotatable bonds is 0. The van der Waals surface area contributed by atoms with Crippen molar-refractivity contribution < 1.29 is 26.0 Å². The molecule has 0 rings (SSSR count). The van der Waals surface area contributed by atoms with Crippen LogP contribution in [0.3, 0.4) is 0 Å². The minimum Gasteiger partial charge on any atom is -0.748 e. The van der Waals surface area contributed by atoms with E-state index in [9.17, 15) is 0 Å².